The molecule has 0 radical (unpaired) electrons. The molecule has 2 atom stereocenters. The molecule has 9 heteroatoms. The highest BCUT2D eigenvalue weighted by atomic mass is 16.2. The molecule has 0 saturated carbocycles. The first-order valence-electron chi connectivity index (χ1n) is 13.2. The number of aliphatic imine (C=N–C) groups is 1. The van der Waals surface area contributed by atoms with Crippen LogP contribution in [0.1, 0.15) is 44.1 Å². The summed E-state index contributed by atoms with van der Waals surface area (Å²) in [4.78, 5) is 39.1. The monoisotopic (exact) mass is 527 g/mol. The molecule has 1 saturated heterocycles. The minimum Gasteiger partial charge on any atom is -0.386 e. The normalized spacial score (nSPS) is 16.2. The predicted molar refractivity (Wildman–Crippen MR) is 156 cm³/mol. The zero-order valence-corrected chi connectivity index (χ0v) is 23.0. The van der Waals surface area contributed by atoms with Gasteiger partial charge >= 0.3 is 6.03 Å². The lowest BCUT2D eigenvalue weighted by atomic mass is 10.0. The van der Waals surface area contributed by atoms with E-state index >= 15 is 0 Å². The number of amides is 3. The summed E-state index contributed by atoms with van der Waals surface area (Å²) in [5, 5.41) is 8.47. The number of imidazole rings is 1. The molecule has 1 unspecified atom stereocenters. The molecule has 1 aliphatic rings. The van der Waals surface area contributed by atoms with E-state index in [0.717, 1.165) is 52.3 Å². The third-order valence-corrected chi connectivity index (χ3v) is 7.11. The van der Waals surface area contributed by atoms with Gasteiger partial charge in [0.25, 0.3) is 0 Å². The summed E-state index contributed by atoms with van der Waals surface area (Å²) in [6, 6.07) is 15.5. The van der Waals surface area contributed by atoms with Crippen molar-refractivity contribution in [2.24, 2.45) is 10.9 Å². The maximum Gasteiger partial charge on any atom is 0.315 e. The van der Waals surface area contributed by atoms with E-state index in [9.17, 15) is 9.59 Å². The summed E-state index contributed by atoms with van der Waals surface area (Å²) in [7, 11) is 3.41. The van der Waals surface area contributed by atoms with E-state index in [2.05, 4.69) is 86.2 Å². The number of H-pyrrole nitrogens is 1. The van der Waals surface area contributed by atoms with Gasteiger partial charge in [0.1, 0.15) is 11.9 Å². The molecule has 1 aliphatic heterocycles. The SMILES string of the molecule is C=N/C=C(\NC)c1ccc(-c2ccc(-c3cnc(C4CCCN4C(=O)[C@@H](NC(=O)NC)C(C)C)[nH]3)cc2)cc1. The van der Waals surface area contributed by atoms with E-state index in [1.54, 1.807) is 13.2 Å². The first-order chi connectivity index (χ1) is 18.9. The summed E-state index contributed by atoms with van der Waals surface area (Å²) >= 11 is 0. The van der Waals surface area contributed by atoms with Crippen molar-refractivity contribution in [3.63, 3.8) is 0 Å². The van der Waals surface area contributed by atoms with Gasteiger partial charge in [0.15, 0.2) is 0 Å². The fraction of sp³-hybridized carbons (Fsp3) is 0.333. The van der Waals surface area contributed by atoms with Crippen LogP contribution in [-0.2, 0) is 4.79 Å². The highest BCUT2D eigenvalue weighted by Crippen LogP contribution is 2.33. The lowest BCUT2D eigenvalue weighted by Gasteiger charge is -2.30. The highest BCUT2D eigenvalue weighted by Gasteiger charge is 2.37. The fourth-order valence-electron chi connectivity index (χ4n) is 4.93. The Bertz CT molecular complexity index is 1330. The Morgan fingerprint density at radius 2 is 1.69 bits per heavy atom. The molecule has 2 heterocycles. The standard InChI is InChI=1S/C30H37N7O2/c1-19(2)27(36-30(39)33-5)29(38)37-16-6-7-26(37)28-34-18-25(35-28)23-14-10-21(11-15-23)20-8-12-22(13-9-20)24(32-4)17-31-3/h8-15,17-19,26-27,32H,3,6-7,16H2,1-2,4-5H3,(H,34,35)(H2,33,36,39)/b24-17-/t26?,27-/m0/s1. The van der Waals surface area contributed by atoms with Crippen LogP contribution in [0.15, 0.2) is 65.9 Å². The summed E-state index contributed by atoms with van der Waals surface area (Å²) in [6.45, 7) is 8.03. The Balaban J connectivity index is 1.49. The molecule has 204 valence electrons. The van der Waals surface area contributed by atoms with E-state index in [4.69, 9.17) is 0 Å². The first-order valence-corrected chi connectivity index (χ1v) is 13.2. The number of likely N-dealkylation sites (tertiary alicyclic amines) is 1. The number of aromatic amines is 1. The summed E-state index contributed by atoms with van der Waals surface area (Å²) < 4.78 is 0. The van der Waals surface area contributed by atoms with Crippen LogP contribution in [0.5, 0.6) is 0 Å². The molecule has 39 heavy (non-hydrogen) atoms. The Kier molecular flexibility index (Phi) is 8.81. The number of aromatic nitrogens is 2. The van der Waals surface area contributed by atoms with Crippen LogP contribution < -0.4 is 16.0 Å². The van der Waals surface area contributed by atoms with E-state index in [-0.39, 0.29) is 23.9 Å². The average Bonchev–Trinajstić information content (AvgIpc) is 3.64. The fourth-order valence-corrected chi connectivity index (χ4v) is 4.93. The number of nitrogens with zero attached hydrogens (tertiary/aromatic N) is 3. The van der Waals surface area contributed by atoms with Crippen LogP contribution in [0.2, 0.25) is 0 Å². The Labute approximate surface area is 229 Å². The molecule has 0 aliphatic carbocycles. The maximum absolute atomic E-state index is 13.4. The minimum absolute atomic E-state index is 0.0380. The van der Waals surface area contributed by atoms with Gasteiger partial charge in [0, 0.05) is 26.8 Å². The molecule has 2 aromatic carbocycles. The summed E-state index contributed by atoms with van der Waals surface area (Å²) in [5.74, 6) is 0.645. The molecular formula is C30H37N7O2. The minimum atomic E-state index is -0.596. The van der Waals surface area contributed by atoms with Crippen molar-refractivity contribution in [2.45, 2.75) is 38.8 Å². The average molecular weight is 528 g/mol. The van der Waals surface area contributed by atoms with Gasteiger partial charge in [-0.05, 0) is 47.7 Å². The van der Waals surface area contributed by atoms with Gasteiger partial charge in [-0.2, -0.15) is 0 Å². The molecule has 0 bridgehead atoms. The third kappa shape index (κ3) is 6.19. The van der Waals surface area contributed by atoms with Crippen molar-refractivity contribution in [3.05, 3.63) is 72.3 Å². The smallest absolute Gasteiger partial charge is 0.315 e. The van der Waals surface area contributed by atoms with E-state index < -0.39 is 6.04 Å². The van der Waals surface area contributed by atoms with Crippen molar-refractivity contribution in [3.8, 4) is 22.4 Å². The molecule has 1 aromatic heterocycles. The zero-order valence-electron chi connectivity index (χ0n) is 23.0. The largest absolute Gasteiger partial charge is 0.386 e. The molecule has 0 spiro atoms. The maximum atomic E-state index is 13.4. The van der Waals surface area contributed by atoms with Gasteiger partial charge < -0.3 is 25.8 Å². The van der Waals surface area contributed by atoms with Gasteiger partial charge in [0.2, 0.25) is 5.91 Å². The van der Waals surface area contributed by atoms with Crippen LogP contribution in [0, 0.1) is 5.92 Å². The van der Waals surface area contributed by atoms with Crippen LogP contribution in [-0.4, -0.2) is 60.2 Å². The number of carbonyl (C=O) groups is 2. The van der Waals surface area contributed by atoms with Crippen LogP contribution in [0.3, 0.4) is 0 Å². The predicted octanol–water partition coefficient (Wildman–Crippen LogP) is 4.58. The molecule has 3 aromatic rings. The Hall–Kier alpha value is -4.40. The van der Waals surface area contributed by atoms with Crippen molar-refractivity contribution < 1.29 is 9.59 Å². The Morgan fingerprint density at radius 3 is 2.28 bits per heavy atom. The molecule has 3 amide bonds. The summed E-state index contributed by atoms with van der Waals surface area (Å²) in [6.07, 6.45) is 5.24. The van der Waals surface area contributed by atoms with Crippen molar-refractivity contribution in [1.29, 1.82) is 0 Å². The number of urea groups is 1. The van der Waals surface area contributed by atoms with Gasteiger partial charge in [-0.25, -0.2) is 9.78 Å². The van der Waals surface area contributed by atoms with Gasteiger partial charge in [-0.15, -0.1) is 0 Å². The quantitative estimate of drug-likeness (QED) is 0.305. The highest BCUT2D eigenvalue weighted by molar-refractivity contribution is 5.87. The second-order valence-corrected chi connectivity index (χ2v) is 9.95. The Morgan fingerprint density at radius 1 is 1.05 bits per heavy atom. The second-order valence-electron chi connectivity index (χ2n) is 9.95. The molecule has 4 rings (SSSR count). The van der Waals surface area contributed by atoms with Crippen molar-refractivity contribution >= 4 is 24.4 Å². The van der Waals surface area contributed by atoms with Gasteiger partial charge in [-0.1, -0.05) is 62.4 Å². The number of nitrogens with one attached hydrogen (secondary N) is 4. The lowest BCUT2D eigenvalue weighted by molar-refractivity contribution is -0.135. The number of hydrogen-bond acceptors (Lipinski definition) is 5. The van der Waals surface area contributed by atoms with E-state index in [0.29, 0.717) is 6.54 Å². The molecule has 9 nitrogen and oxygen atoms in total. The zero-order chi connectivity index (χ0) is 27.9. The topological polar surface area (TPSA) is 115 Å². The molecule has 1 fully saturated rings. The summed E-state index contributed by atoms with van der Waals surface area (Å²) in [5.41, 5.74) is 6.09. The van der Waals surface area contributed by atoms with E-state index in [1.807, 2.05) is 32.0 Å². The van der Waals surface area contributed by atoms with Crippen LogP contribution in [0.25, 0.3) is 28.1 Å². The first kappa shape index (κ1) is 27.6. The lowest BCUT2D eigenvalue weighted by Crippen LogP contribution is -2.53. The molecule has 4 N–H and O–H groups in total. The third-order valence-electron chi connectivity index (χ3n) is 7.11. The van der Waals surface area contributed by atoms with Crippen molar-refractivity contribution in [2.75, 3.05) is 20.6 Å². The number of benzene rings is 2. The van der Waals surface area contributed by atoms with E-state index in [1.165, 1.54) is 0 Å². The molecular weight excluding hydrogens is 490 g/mol. The van der Waals surface area contributed by atoms with Crippen molar-refractivity contribution in [1.82, 2.24) is 30.8 Å². The van der Waals surface area contributed by atoms with Gasteiger partial charge in [-0.3, -0.25) is 9.79 Å². The number of rotatable bonds is 9. The second kappa shape index (κ2) is 12.4. The number of carbonyl (C=O) groups excluding carboxylic acids is 2. The van der Waals surface area contributed by atoms with Crippen LogP contribution in [0.4, 0.5) is 4.79 Å². The van der Waals surface area contributed by atoms with Crippen LogP contribution >= 0.6 is 0 Å². The van der Waals surface area contributed by atoms with Gasteiger partial charge in [0.05, 0.1) is 23.6 Å². The number of hydrogen-bond donors (Lipinski definition) is 4.